The molecule has 0 radical (unpaired) electrons. The standard InChI is InChI=1S/C72H139NO5/c1-3-5-7-9-11-13-15-17-19-21-23-24-25-29-32-36-40-44-48-52-56-60-64-70(75)69(68-74)73-71(76)65-61-57-53-49-45-41-37-33-30-26-27-31-35-39-43-47-51-55-59-63-67-78-72(77)66-62-58-54-50-46-42-38-34-28-22-20-18-16-14-12-10-8-6-4-2/h18,20,60,64,69-70,74-75H,3-17,19,21-59,61-63,65-68H2,1-2H3,(H,73,76)/b20-18-,64-60+. The smallest absolute Gasteiger partial charge is 0.305 e. The van der Waals surface area contributed by atoms with Gasteiger partial charge in [0.05, 0.1) is 25.4 Å². The summed E-state index contributed by atoms with van der Waals surface area (Å²) in [7, 11) is 0. The number of rotatable bonds is 67. The summed E-state index contributed by atoms with van der Waals surface area (Å²) in [5.74, 6) is -0.0550. The number of ether oxygens (including phenoxy) is 1. The Bertz CT molecular complexity index is 1220. The number of esters is 1. The summed E-state index contributed by atoms with van der Waals surface area (Å²) in [4.78, 5) is 24.6. The molecule has 0 bridgehead atoms. The molecule has 78 heavy (non-hydrogen) atoms. The van der Waals surface area contributed by atoms with Crippen LogP contribution in [0.5, 0.6) is 0 Å². The highest BCUT2D eigenvalue weighted by Crippen LogP contribution is 2.19. The van der Waals surface area contributed by atoms with E-state index in [1.165, 1.54) is 327 Å². The van der Waals surface area contributed by atoms with Gasteiger partial charge < -0.3 is 20.3 Å². The molecule has 6 nitrogen and oxygen atoms in total. The molecule has 0 saturated heterocycles. The lowest BCUT2D eigenvalue weighted by Gasteiger charge is -2.20. The van der Waals surface area contributed by atoms with E-state index >= 15 is 0 Å². The number of hydrogen-bond donors (Lipinski definition) is 3. The first-order valence-corrected chi connectivity index (χ1v) is 35.6. The maximum absolute atomic E-state index is 12.5. The number of unbranched alkanes of at least 4 members (excludes halogenated alkanes) is 54. The number of allylic oxidation sites excluding steroid dienone is 3. The molecule has 0 aliphatic rings. The van der Waals surface area contributed by atoms with E-state index in [1.54, 1.807) is 6.08 Å². The first kappa shape index (κ1) is 76.3. The van der Waals surface area contributed by atoms with Crippen LogP contribution in [0.1, 0.15) is 399 Å². The van der Waals surface area contributed by atoms with Crippen molar-refractivity contribution >= 4 is 11.9 Å². The summed E-state index contributed by atoms with van der Waals surface area (Å²) in [6.07, 6.45) is 85.3. The van der Waals surface area contributed by atoms with Crippen LogP contribution in [-0.4, -0.2) is 47.4 Å². The van der Waals surface area contributed by atoms with Gasteiger partial charge in [-0.25, -0.2) is 0 Å². The molecule has 0 saturated carbocycles. The minimum absolute atomic E-state index is 0.0106. The van der Waals surface area contributed by atoms with Gasteiger partial charge in [0.25, 0.3) is 0 Å². The molecule has 0 aromatic carbocycles. The predicted octanol–water partition coefficient (Wildman–Crippen LogP) is 22.9. The normalized spacial score (nSPS) is 12.6. The Hall–Kier alpha value is -1.66. The first-order chi connectivity index (χ1) is 38.5. The Morgan fingerprint density at radius 2 is 0.603 bits per heavy atom. The quantitative estimate of drug-likeness (QED) is 0.0320. The molecule has 0 aliphatic heterocycles. The van der Waals surface area contributed by atoms with Gasteiger partial charge in [0, 0.05) is 12.8 Å². The molecule has 2 atom stereocenters. The van der Waals surface area contributed by atoms with Gasteiger partial charge >= 0.3 is 5.97 Å². The Labute approximate surface area is 488 Å². The van der Waals surface area contributed by atoms with Crippen LogP contribution in [0.25, 0.3) is 0 Å². The second-order valence-corrected chi connectivity index (χ2v) is 24.6. The highest BCUT2D eigenvalue weighted by molar-refractivity contribution is 5.76. The molecule has 0 fully saturated rings. The van der Waals surface area contributed by atoms with Gasteiger partial charge in [-0.3, -0.25) is 9.59 Å². The molecular formula is C72H139NO5. The summed E-state index contributed by atoms with van der Waals surface area (Å²) in [6, 6.07) is -0.630. The van der Waals surface area contributed by atoms with Gasteiger partial charge in [-0.05, 0) is 57.8 Å². The number of aliphatic hydroxyl groups excluding tert-OH is 2. The maximum atomic E-state index is 12.5. The third kappa shape index (κ3) is 63.5. The zero-order valence-electron chi connectivity index (χ0n) is 52.9. The van der Waals surface area contributed by atoms with Crippen molar-refractivity contribution < 1.29 is 24.5 Å². The van der Waals surface area contributed by atoms with Crippen LogP contribution in [0.2, 0.25) is 0 Å². The van der Waals surface area contributed by atoms with E-state index in [4.69, 9.17) is 4.74 Å². The summed E-state index contributed by atoms with van der Waals surface area (Å²) < 4.78 is 5.51. The third-order valence-electron chi connectivity index (χ3n) is 16.7. The highest BCUT2D eigenvalue weighted by atomic mass is 16.5. The second-order valence-electron chi connectivity index (χ2n) is 24.6. The van der Waals surface area contributed by atoms with Crippen molar-refractivity contribution in [3.63, 3.8) is 0 Å². The van der Waals surface area contributed by atoms with Gasteiger partial charge in [-0.1, -0.05) is 353 Å². The lowest BCUT2D eigenvalue weighted by molar-refractivity contribution is -0.143. The monoisotopic (exact) mass is 1100 g/mol. The number of aliphatic hydroxyl groups is 2. The minimum atomic E-state index is -0.847. The average molecular weight is 1100 g/mol. The van der Waals surface area contributed by atoms with Crippen LogP contribution in [-0.2, 0) is 14.3 Å². The van der Waals surface area contributed by atoms with Crippen LogP contribution >= 0.6 is 0 Å². The molecular weight excluding hydrogens is 959 g/mol. The van der Waals surface area contributed by atoms with Crippen molar-refractivity contribution in [2.24, 2.45) is 0 Å². The van der Waals surface area contributed by atoms with E-state index in [0.717, 1.165) is 44.9 Å². The molecule has 0 heterocycles. The van der Waals surface area contributed by atoms with Crippen LogP contribution < -0.4 is 5.32 Å². The van der Waals surface area contributed by atoms with E-state index in [1.807, 2.05) is 6.08 Å². The highest BCUT2D eigenvalue weighted by Gasteiger charge is 2.18. The fourth-order valence-corrected chi connectivity index (χ4v) is 11.3. The van der Waals surface area contributed by atoms with E-state index in [-0.39, 0.29) is 18.5 Å². The molecule has 0 spiro atoms. The summed E-state index contributed by atoms with van der Waals surface area (Å²) in [5.41, 5.74) is 0. The lowest BCUT2D eigenvalue weighted by atomic mass is 10.0. The Kier molecular flexibility index (Phi) is 66.4. The lowest BCUT2D eigenvalue weighted by Crippen LogP contribution is -2.45. The van der Waals surface area contributed by atoms with E-state index in [9.17, 15) is 19.8 Å². The van der Waals surface area contributed by atoms with Gasteiger partial charge in [0.1, 0.15) is 0 Å². The van der Waals surface area contributed by atoms with Crippen molar-refractivity contribution in [1.29, 1.82) is 0 Å². The molecule has 6 heteroatoms. The zero-order valence-corrected chi connectivity index (χ0v) is 52.9. The molecule has 0 rings (SSSR count). The van der Waals surface area contributed by atoms with Crippen molar-refractivity contribution in [3.8, 4) is 0 Å². The van der Waals surface area contributed by atoms with Gasteiger partial charge in [0.15, 0.2) is 0 Å². The fourth-order valence-electron chi connectivity index (χ4n) is 11.3. The molecule has 1 amide bonds. The number of carbonyl (C=O) groups excluding carboxylic acids is 2. The van der Waals surface area contributed by atoms with E-state index < -0.39 is 12.1 Å². The first-order valence-electron chi connectivity index (χ1n) is 35.6. The largest absolute Gasteiger partial charge is 0.466 e. The molecule has 0 aliphatic carbocycles. The van der Waals surface area contributed by atoms with Crippen LogP contribution in [0.3, 0.4) is 0 Å². The van der Waals surface area contributed by atoms with Gasteiger partial charge in [-0.15, -0.1) is 0 Å². The molecule has 2 unspecified atom stereocenters. The molecule has 462 valence electrons. The third-order valence-corrected chi connectivity index (χ3v) is 16.7. The number of carbonyl (C=O) groups is 2. The summed E-state index contributed by atoms with van der Waals surface area (Å²) in [6.45, 7) is 4.94. The van der Waals surface area contributed by atoms with Gasteiger partial charge in [-0.2, -0.15) is 0 Å². The summed E-state index contributed by atoms with van der Waals surface area (Å²) >= 11 is 0. The number of hydrogen-bond acceptors (Lipinski definition) is 5. The predicted molar refractivity (Wildman–Crippen MR) is 343 cm³/mol. The molecule has 0 aromatic heterocycles. The molecule has 3 N–H and O–H groups in total. The van der Waals surface area contributed by atoms with Crippen LogP contribution in [0.4, 0.5) is 0 Å². The SMILES string of the molecule is CCCCCCCC/C=C\CCCCCCCCCCCC(=O)OCCCCCCCCCCCCCCCCCCCCCCC(=O)NC(CO)C(O)/C=C/CCCCCCCCCCCCCCCCCCCCCC. The Morgan fingerprint density at radius 3 is 0.910 bits per heavy atom. The Morgan fingerprint density at radius 1 is 0.346 bits per heavy atom. The maximum Gasteiger partial charge on any atom is 0.305 e. The topological polar surface area (TPSA) is 95.9 Å². The van der Waals surface area contributed by atoms with Crippen LogP contribution in [0.15, 0.2) is 24.3 Å². The van der Waals surface area contributed by atoms with Crippen molar-refractivity contribution in [2.45, 2.75) is 411 Å². The summed E-state index contributed by atoms with van der Waals surface area (Å²) in [5, 5.41) is 23.3. The van der Waals surface area contributed by atoms with Crippen molar-refractivity contribution in [2.75, 3.05) is 13.2 Å². The average Bonchev–Trinajstić information content (AvgIpc) is 3.44. The number of amides is 1. The van der Waals surface area contributed by atoms with E-state index in [0.29, 0.717) is 19.4 Å². The van der Waals surface area contributed by atoms with Crippen molar-refractivity contribution in [1.82, 2.24) is 5.32 Å². The van der Waals surface area contributed by atoms with E-state index in [2.05, 4.69) is 31.3 Å². The van der Waals surface area contributed by atoms with Gasteiger partial charge in [0.2, 0.25) is 5.91 Å². The van der Waals surface area contributed by atoms with Crippen LogP contribution in [0, 0.1) is 0 Å². The Balaban J connectivity index is 3.40. The molecule has 0 aromatic rings. The number of nitrogens with one attached hydrogen (secondary N) is 1. The minimum Gasteiger partial charge on any atom is -0.466 e. The zero-order chi connectivity index (χ0) is 56.4. The van der Waals surface area contributed by atoms with Crippen molar-refractivity contribution in [3.05, 3.63) is 24.3 Å². The second kappa shape index (κ2) is 67.8. The fraction of sp³-hybridized carbons (Fsp3) is 0.917.